The average Bonchev–Trinajstić information content (AvgIpc) is 2.10. The highest BCUT2D eigenvalue weighted by molar-refractivity contribution is 5.82. The van der Waals surface area contributed by atoms with Crippen molar-refractivity contribution in [3.63, 3.8) is 0 Å². The molecule has 1 nitrogen and oxygen atoms in total. The highest BCUT2D eigenvalue weighted by Crippen LogP contribution is 2.33. The molecule has 0 spiro atoms. The molecule has 0 atom stereocenters. The molecule has 0 bridgehead atoms. The minimum Gasteiger partial charge on any atom is -0.299 e. The Labute approximate surface area is 90.2 Å². The average molecular weight is 218 g/mol. The summed E-state index contributed by atoms with van der Waals surface area (Å²) in [6.07, 6.45) is 2.16. The van der Waals surface area contributed by atoms with E-state index >= 15 is 0 Å². The van der Waals surface area contributed by atoms with E-state index in [1.54, 1.807) is 0 Å². The van der Waals surface area contributed by atoms with Gasteiger partial charge in [-0.3, -0.25) is 4.79 Å². The predicted molar refractivity (Wildman–Crippen MR) is 56.0 cm³/mol. The van der Waals surface area contributed by atoms with Crippen LogP contribution in [0.25, 0.3) is 0 Å². The summed E-state index contributed by atoms with van der Waals surface area (Å²) in [4.78, 5) is 11.7. The summed E-state index contributed by atoms with van der Waals surface area (Å²) in [5.74, 6) is -2.18. The third kappa shape index (κ3) is 3.88. The predicted octanol–water partition coefficient (Wildman–Crippen LogP) is 3.82. The van der Waals surface area contributed by atoms with Crippen LogP contribution in [0.15, 0.2) is 0 Å². The molecule has 1 rings (SSSR count). The molecule has 0 aromatic rings. The summed E-state index contributed by atoms with van der Waals surface area (Å²) in [5, 5.41) is 0. The van der Waals surface area contributed by atoms with Crippen LogP contribution >= 0.6 is 0 Å². The van der Waals surface area contributed by atoms with Crippen molar-refractivity contribution >= 4 is 5.78 Å². The van der Waals surface area contributed by atoms with E-state index in [1.807, 2.05) is 13.8 Å². The lowest BCUT2D eigenvalue weighted by molar-refractivity contribution is -0.127. The van der Waals surface area contributed by atoms with Gasteiger partial charge >= 0.3 is 0 Å². The van der Waals surface area contributed by atoms with Crippen LogP contribution < -0.4 is 0 Å². The van der Waals surface area contributed by atoms with Gasteiger partial charge in [0.1, 0.15) is 5.78 Å². The van der Waals surface area contributed by atoms with Crippen molar-refractivity contribution in [2.45, 2.75) is 58.3 Å². The third-order valence-electron chi connectivity index (χ3n) is 3.16. The molecule has 0 N–H and O–H groups in total. The van der Waals surface area contributed by atoms with E-state index in [2.05, 4.69) is 0 Å². The Morgan fingerprint density at radius 3 is 2.07 bits per heavy atom. The fraction of sp³-hybridized carbons (Fsp3) is 0.917. The van der Waals surface area contributed by atoms with Gasteiger partial charge in [-0.15, -0.1) is 0 Å². The highest BCUT2D eigenvalue weighted by Gasteiger charge is 2.32. The van der Waals surface area contributed by atoms with Crippen LogP contribution in [-0.4, -0.2) is 11.7 Å². The number of halogens is 2. The number of hydrogen-bond acceptors (Lipinski definition) is 1. The molecule has 88 valence electrons. The van der Waals surface area contributed by atoms with Crippen LogP contribution in [0.1, 0.15) is 52.4 Å². The molecule has 1 fully saturated rings. The van der Waals surface area contributed by atoms with Gasteiger partial charge in [-0.2, -0.15) is 0 Å². The zero-order valence-corrected chi connectivity index (χ0v) is 9.56. The Morgan fingerprint density at radius 2 is 1.67 bits per heavy atom. The van der Waals surface area contributed by atoms with Crippen molar-refractivity contribution in [2.75, 3.05) is 0 Å². The Bertz CT molecular complexity index is 212. The molecule has 0 saturated heterocycles. The summed E-state index contributed by atoms with van der Waals surface area (Å²) >= 11 is 0. The maximum atomic E-state index is 13.0. The minimum absolute atomic E-state index is 0.0288. The number of alkyl halides is 2. The first-order chi connectivity index (χ1) is 6.92. The smallest absolute Gasteiger partial charge is 0.248 e. The summed E-state index contributed by atoms with van der Waals surface area (Å²) in [7, 11) is 0. The highest BCUT2D eigenvalue weighted by atomic mass is 19.3. The summed E-state index contributed by atoms with van der Waals surface area (Å²) in [6.45, 7) is 3.77. The molecule has 0 aliphatic heterocycles. The monoisotopic (exact) mass is 218 g/mol. The van der Waals surface area contributed by atoms with Gasteiger partial charge in [0.15, 0.2) is 0 Å². The van der Waals surface area contributed by atoms with Crippen molar-refractivity contribution in [2.24, 2.45) is 11.8 Å². The van der Waals surface area contributed by atoms with Crippen molar-refractivity contribution in [1.29, 1.82) is 0 Å². The van der Waals surface area contributed by atoms with Crippen molar-refractivity contribution in [3.05, 3.63) is 0 Å². The molecule has 0 heterocycles. The second kappa shape index (κ2) is 5.04. The zero-order valence-electron chi connectivity index (χ0n) is 9.56. The Hall–Kier alpha value is -0.470. The van der Waals surface area contributed by atoms with E-state index in [-0.39, 0.29) is 30.5 Å². The fourth-order valence-electron chi connectivity index (χ4n) is 2.24. The SMILES string of the molecule is CC(C)C(=O)C1CCCC(F)(F)CCC1. The van der Waals surface area contributed by atoms with Gasteiger partial charge in [-0.05, 0) is 25.7 Å². The number of Topliss-reactive ketones (excluding diaryl/α,β-unsaturated/α-hetero) is 1. The first-order valence-corrected chi connectivity index (χ1v) is 5.84. The van der Waals surface area contributed by atoms with Gasteiger partial charge in [-0.1, -0.05) is 13.8 Å². The quantitative estimate of drug-likeness (QED) is 0.688. The molecule has 0 radical (unpaired) electrons. The van der Waals surface area contributed by atoms with Crippen LogP contribution in [0.4, 0.5) is 8.78 Å². The Kier molecular flexibility index (Phi) is 4.23. The number of hydrogen-bond donors (Lipinski definition) is 0. The molecule has 1 saturated carbocycles. The van der Waals surface area contributed by atoms with Crippen LogP contribution in [-0.2, 0) is 4.79 Å². The maximum Gasteiger partial charge on any atom is 0.248 e. The van der Waals surface area contributed by atoms with E-state index in [4.69, 9.17) is 0 Å². The second-order valence-corrected chi connectivity index (χ2v) is 4.89. The lowest BCUT2D eigenvalue weighted by Crippen LogP contribution is -2.25. The number of ketones is 1. The van der Waals surface area contributed by atoms with E-state index < -0.39 is 5.92 Å². The standard InChI is InChI=1S/C12H20F2O/c1-9(2)11(15)10-5-3-7-12(13,14)8-4-6-10/h9-10H,3-8H2,1-2H3. The molecule has 0 amide bonds. The molecule has 3 heteroatoms. The topological polar surface area (TPSA) is 17.1 Å². The summed E-state index contributed by atoms with van der Waals surface area (Å²) in [6, 6.07) is 0. The first-order valence-electron chi connectivity index (χ1n) is 5.84. The zero-order chi connectivity index (χ0) is 11.5. The third-order valence-corrected chi connectivity index (χ3v) is 3.16. The number of carbonyl (C=O) groups excluding carboxylic acids is 1. The Balaban J connectivity index is 2.49. The molecular formula is C12H20F2O. The maximum absolute atomic E-state index is 13.0. The first kappa shape index (κ1) is 12.6. The normalized spacial score (nSPS) is 23.5. The fourth-order valence-corrected chi connectivity index (χ4v) is 2.24. The van der Waals surface area contributed by atoms with Gasteiger partial charge in [0.05, 0.1) is 0 Å². The molecule has 0 aromatic heterocycles. The molecule has 15 heavy (non-hydrogen) atoms. The van der Waals surface area contributed by atoms with Crippen molar-refractivity contribution in [1.82, 2.24) is 0 Å². The van der Waals surface area contributed by atoms with E-state index in [0.717, 1.165) is 0 Å². The van der Waals surface area contributed by atoms with E-state index in [1.165, 1.54) is 0 Å². The van der Waals surface area contributed by atoms with Crippen molar-refractivity contribution in [3.8, 4) is 0 Å². The number of rotatable bonds is 2. The largest absolute Gasteiger partial charge is 0.299 e. The van der Waals surface area contributed by atoms with Gasteiger partial charge in [0, 0.05) is 24.7 Å². The summed E-state index contributed by atoms with van der Waals surface area (Å²) in [5.41, 5.74) is 0. The summed E-state index contributed by atoms with van der Waals surface area (Å²) < 4.78 is 26.1. The van der Waals surface area contributed by atoms with Gasteiger partial charge < -0.3 is 0 Å². The van der Waals surface area contributed by atoms with E-state index in [0.29, 0.717) is 25.7 Å². The van der Waals surface area contributed by atoms with Crippen LogP contribution in [0.5, 0.6) is 0 Å². The molecule has 1 aliphatic rings. The van der Waals surface area contributed by atoms with E-state index in [9.17, 15) is 13.6 Å². The molecular weight excluding hydrogens is 198 g/mol. The van der Waals surface area contributed by atoms with Crippen molar-refractivity contribution < 1.29 is 13.6 Å². The lowest BCUT2D eigenvalue weighted by atomic mass is 9.83. The molecule has 0 aromatic carbocycles. The minimum atomic E-state index is -2.49. The van der Waals surface area contributed by atoms with Crippen LogP contribution in [0.2, 0.25) is 0 Å². The molecule has 1 aliphatic carbocycles. The molecule has 0 unspecified atom stereocenters. The number of carbonyl (C=O) groups is 1. The van der Waals surface area contributed by atoms with Crippen LogP contribution in [0.3, 0.4) is 0 Å². The van der Waals surface area contributed by atoms with Crippen LogP contribution in [0, 0.1) is 11.8 Å². The lowest BCUT2D eigenvalue weighted by Gasteiger charge is -2.24. The van der Waals surface area contributed by atoms with Gasteiger partial charge in [0.25, 0.3) is 0 Å². The second-order valence-electron chi connectivity index (χ2n) is 4.89. The Morgan fingerprint density at radius 1 is 1.20 bits per heavy atom. The van der Waals surface area contributed by atoms with Gasteiger partial charge in [0.2, 0.25) is 5.92 Å². The van der Waals surface area contributed by atoms with Gasteiger partial charge in [-0.25, -0.2) is 8.78 Å².